The summed E-state index contributed by atoms with van der Waals surface area (Å²) in [5, 5.41) is 3.45. The quantitative estimate of drug-likeness (QED) is 0.924. The van der Waals surface area contributed by atoms with Crippen molar-refractivity contribution in [3.8, 4) is 0 Å². The van der Waals surface area contributed by atoms with E-state index in [1.807, 2.05) is 0 Å². The number of hydrogen-bond acceptors (Lipinski definition) is 2. The van der Waals surface area contributed by atoms with Crippen molar-refractivity contribution < 1.29 is 0 Å². The Labute approximate surface area is 127 Å². The number of benzene rings is 2. The Kier molecular flexibility index (Phi) is 4.37. The molecule has 2 aromatic carbocycles. The topological polar surface area (TPSA) is 15.3 Å². The monoisotopic (exact) mass is 280 g/mol. The Morgan fingerprint density at radius 1 is 1.05 bits per heavy atom. The molecule has 2 aromatic rings. The van der Waals surface area contributed by atoms with Crippen LogP contribution in [0.15, 0.2) is 42.5 Å². The maximum atomic E-state index is 3.45. The van der Waals surface area contributed by atoms with Crippen LogP contribution in [0.4, 0.5) is 0 Å². The largest absolute Gasteiger partial charge is 0.312 e. The number of rotatable bonds is 4. The fourth-order valence-corrected chi connectivity index (χ4v) is 3.11. The third-order valence-corrected chi connectivity index (χ3v) is 4.25. The van der Waals surface area contributed by atoms with Gasteiger partial charge in [0.15, 0.2) is 0 Å². The lowest BCUT2D eigenvalue weighted by Crippen LogP contribution is -2.26. The molecule has 0 saturated heterocycles. The fourth-order valence-electron chi connectivity index (χ4n) is 3.11. The molecule has 0 aromatic heterocycles. The number of hydrogen-bond donors (Lipinski definition) is 1. The van der Waals surface area contributed by atoms with E-state index in [2.05, 4.69) is 66.7 Å². The molecule has 0 fully saturated rings. The van der Waals surface area contributed by atoms with Crippen LogP contribution in [-0.4, -0.2) is 18.5 Å². The smallest absolute Gasteiger partial charge is 0.0237 e. The van der Waals surface area contributed by atoms with E-state index < -0.39 is 0 Å². The minimum absolute atomic E-state index is 1.00. The minimum atomic E-state index is 1.00. The maximum absolute atomic E-state index is 3.45. The van der Waals surface area contributed by atoms with Crippen LogP contribution in [0.2, 0.25) is 0 Å². The summed E-state index contributed by atoms with van der Waals surface area (Å²) in [4.78, 5) is 2.41. The predicted molar refractivity (Wildman–Crippen MR) is 88.2 cm³/mol. The zero-order chi connectivity index (χ0) is 14.7. The van der Waals surface area contributed by atoms with Crippen molar-refractivity contribution in [2.24, 2.45) is 0 Å². The molecule has 1 heterocycles. The molecule has 0 saturated carbocycles. The Hall–Kier alpha value is -1.64. The molecule has 3 rings (SSSR count). The Morgan fingerprint density at radius 3 is 2.67 bits per heavy atom. The minimum Gasteiger partial charge on any atom is -0.312 e. The van der Waals surface area contributed by atoms with E-state index in [4.69, 9.17) is 0 Å². The zero-order valence-corrected chi connectivity index (χ0v) is 13.0. The van der Waals surface area contributed by atoms with Gasteiger partial charge in [0, 0.05) is 19.6 Å². The molecule has 0 aliphatic carbocycles. The molecule has 0 radical (unpaired) electrons. The van der Waals surface area contributed by atoms with E-state index >= 15 is 0 Å². The fraction of sp³-hybridized carbons (Fsp3) is 0.368. The van der Waals surface area contributed by atoms with Gasteiger partial charge in [0.05, 0.1) is 0 Å². The predicted octanol–water partition coefficient (Wildman–Crippen LogP) is 3.27. The molecule has 0 spiro atoms. The zero-order valence-electron chi connectivity index (χ0n) is 13.0. The van der Waals surface area contributed by atoms with E-state index in [-0.39, 0.29) is 0 Å². The van der Waals surface area contributed by atoms with Crippen molar-refractivity contribution in [2.75, 3.05) is 13.6 Å². The molecule has 0 amide bonds. The van der Waals surface area contributed by atoms with E-state index in [1.165, 1.54) is 22.3 Å². The van der Waals surface area contributed by atoms with E-state index in [1.54, 1.807) is 5.56 Å². The summed E-state index contributed by atoms with van der Waals surface area (Å²) < 4.78 is 0. The van der Waals surface area contributed by atoms with Crippen molar-refractivity contribution in [3.63, 3.8) is 0 Å². The lowest BCUT2D eigenvalue weighted by atomic mass is 9.95. The van der Waals surface area contributed by atoms with Crippen molar-refractivity contribution in [3.05, 3.63) is 70.3 Å². The van der Waals surface area contributed by atoms with Gasteiger partial charge in [0.2, 0.25) is 0 Å². The second-order valence-corrected chi connectivity index (χ2v) is 6.14. The van der Waals surface area contributed by atoms with Gasteiger partial charge in [-0.15, -0.1) is 0 Å². The molecule has 2 heteroatoms. The van der Waals surface area contributed by atoms with Crippen LogP contribution in [0.3, 0.4) is 0 Å². The number of fused-ring (bicyclic) bond motifs is 1. The highest BCUT2D eigenvalue weighted by Gasteiger charge is 2.13. The van der Waals surface area contributed by atoms with Crippen molar-refractivity contribution in [1.29, 1.82) is 0 Å². The van der Waals surface area contributed by atoms with Gasteiger partial charge in [-0.05, 0) is 49.2 Å². The molecule has 1 aliphatic heterocycles. The third kappa shape index (κ3) is 3.52. The molecule has 1 N–H and O–H groups in total. The summed E-state index contributed by atoms with van der Waals surface area (Å²) in [6.45, 7) is 6.29. The molecule has 0 unspecified atom stereocenters. The van der Waals surface area contributed by atoms with Gasteiger partial charge in [-0.1, -0.05) is 48.0 Å². The van der Waals surface area contributed by atoms with Crippen LogP contribution in [0, 0.1) is 6.92 Å². The van der Waals surface area contributed by atoms with Gasteiger partial charge in [0.1, 0.15) is 0 Å². The lowest BCUT2D eigenvalue weighted by Gasteiger charge is -2.23. The van der Waals surface area contributed by atoms with Crippen LogP contribution in [0.5, 0.6) is 0 Å². The molecular weight excluding hydrogens is 256 g/mol. The first-order valence-corrected chi connectivity index (χ1v) is 7.77. The lowest BCUT2D eigenvalue weighted by molar-refractivity contribution is 0.317. The molecular formula is C19H24N2. The summed E-state index contributed by atoms with van der Waals surface area (Å²) in [6.07, 6.45) is 1.16. The van der Waals surface area contributed by atoms with E-state index in [0.717, 1.165) is 32.6 Å². The molecule has 1 aliphatic rings. The van der Waals surface area contributed by atoms with Crippen molar-refractivity contribution in [1.82, 2.24) is 10.2 Å². The third-order valence-electron chi connectivity index (χ3n) is 4.25. The van der Waals surface area contributed by atoms with Crippen LogP contribution in [0.1, 0.15) is 27.8 Å². The summed E-state index contributed by atoms with van der Waals surface area (Å²) in [6, 6.07) is 15.6. The first-order valence-electron chi connectivity index (χ1n) is 7.77. The van der Waals surface area contributed by atoms with Crippen LogP contribution >= 0.6 is 0 Å². The SMILES string of the molecule is Cc1ccc(CN(C)Cc2cccc3c2CCNC3)cc1. The van der Waals surface area contributed by atoms with Gasteiger partial charge < -0.3 is 5.32 Å². The van der Waals surface area contributed by atoms with Gasteiger partial charge in [-0.2, -0.15) is 0 Å². The van der Waals surface area contributed by atoms with E-state index in [9.17, 15) is 0 Å². The number of aryl methyl sites for hydroxylation is 1. The average Bonchev–Trinajstić information content (AvgIpc) is 2.50. The highest BCUT2D eigenvalue weighted by Crippen LogP contribution is 2.20. The Morgan fingerprint density at radius 2 is 1.86 bits per heavy atom. The maximum Gasteiger partial charge on any atom is 0.0237 e. The number of nitrogens with one attached hydrogen (secondary N) is 1. The molecule has 0 atom stereocenters. The summed E-state index contributed by atoms with van der Waals surface area (Å²) in [7, 11) is 2.21. The normalized spacial score (nSPS) is 14.2. The van der Waals surface area contributed by atoms with Gasteiger partial charge >= 0.3 is 0 Å². The Bertz CT molecular complexity index is 601. The van der Waals surface area contributed by atoms with E-state index in [0.29, 0.717) is 0 Å². The van der Waals surface area contributed by atoms with Crippen LogP contribution in [-0.2, 0) is 26.1 Å². The van der Waals surface area contributed by atoms with Gasteiger partial charge in [0.25, 0.3) is 0 Å². The summed E-state index contributed by atoms with van der Waals surface area (Å²) in [5.41, 5.74) is 7.23. The van der Waals surface area contributed by atoms with Crippen molar-refractivity contribution in [2.45, 2.75) is 33.0 Å². The van der Waals surface area contributed by atoms with Crippen molar-refractivity contribution >= 4 is 0 Å². The first-order chi connectivity index (χ1) is 10.2. The second kappa shape index (κ2) is 6.42. The van der Waals surface area contributed by atoms with Gasteiger partial charge in [-0.25, -0.2) is 0 Å². The molecule has 0 bridgehead atoms. The molecule has 2 nitrogen and oxygen atoms in total. The summed E-state index contributed by atoms with van der Waals surface area (Å²) in [5.74, 6) is 0. The second-order valence-electron chi connectivity index (χ2n) is 6.14. The van der Waals surface area contributed by atoms with Crippen LogP contribution in [0.25, 0.3) is 0 Å². The summed E-state index contributed by atoms with van der Waals surface area (Å²) >= 11 is 0. The first kappa shape index (κ1) is 14.3. The highest BCUT2D eigenvalue weighted by molar-refractivity contribution is 5.37. The van der Waals surface area contributed by atoms with Gasteiger partial charge in [-0.3, -0.25) is 4.90 Å². The van der Waals surface area contributed by atoms with Crippen LogP contribution < -0.4 is 5.32 Å². The highest BCUT2D eigenvalue weighted by atomic mass is 15.1. The Balaban J connectivity index is 1.70. The molecule has 21 heavy (non-hydrogen) atoms. The average molecular weight is 280 g/mol. The molecule has 110 valence electrons. The number of nitrogens with zero attached hydrogens (tertiary/aromatic N) is 1. The standard InChI is InChI=1S/C19H24N2/c1-15-6-8-16(9-7-15)13-21(2)14-18-5-3-4-17-12-20-11-10-19(17)18/h3-9,20H,10-14H2,1-2H3.